The molecular weight excluding hydrogens is 390 g/mol. The Labute approximate surface area is 165 Å². The van der Waals surface area contributed by atoms with Crippen LogP contribution in [0.2, 0.25) is 0 Å². The maximum atomic E-state index is 12.9. The van der Waals surface area contributed by atoms with Crippen molar-refractivity contribution in [3.8, 4) is 5.75 Å². The van der Waals surface area contributed by atoms with Gasteiger partial charge in [-0.3, -0.25) is 19.7 Å². The summed E-state index contributed by atoms with van der Waals surface area (Å²) in [7, 11) is 0. The number of morpholine rings is 1. The Bertz CT molecular complexity index is 788. The monoisotopic (exact) mass is 412 g/mol. The van der Waals surface area contributed by atoms with Gasteiger partial charge in [0.1, 0.15) is 6.61 Å². The van der Waals surface area contributed by atoms with E-state index in [-0.39, 0.29) is 36.5 Å². The predicted molar refractivity (Wildman–Crippen MR) is 98.6 cm³/mol. The van der Waals surface area contributed by atoms with Crippen molar-refractivity contribution in [1.82, 2.24) is 5.32 Å². The Morgan fingerprint density at radius 2 is 2.07 bits per heavy atom. The number of benzene rings is 1. The molecule has 1 saturated carbocycles. The number of nitrogens with zero attached hydrogens (tertiary/aromatic N) is 1. The van der Waals surface area contributed by atoms with Crippen LogP contribution >= 0.6 is 0 Å². The van der Waals surface area contributed by atoms with E-state index in [4.69, 9.17) is 10.5 Å². The molecule has 3 rings (SSSR count). The first kappa shape index (κ1) is 20.9. The second kappa shape index (κ2) is 9.14. The van der Waals surface area contributed by atoms with Crippen LogP contribution in [0.15, 0.2) is 18.2 Å². The lowest BCUT2D eigenvalue weighted by atomic mass is 9.92. The standard InChI is InChI=1S/C18H22F2N4O5/c19-18(20)29-13-8-11(24-6-7-28-9-14(24)25)4-5-12(13)23-17(27)15(16(21)26)22-10-2-1-3-10/h4-5,8,10,15,18,22H,1-3,6-7,9H2,(H2,21,26)(H,23,27)/t15-/m0/s1. The normalized spacial score (nSPS) is 18.3. The number of hydrogen-bond donors (Lipinski definition) is 3. The van der Waals surface area contributed by atoms with E-state index in [0.717, 1.165) is 19.3 Å². The molecule has 2 fully saturated rings. The number of ether oxygens (including phenoxy) is 2. The van der Waals surface area contributed by atoms with Crippen LogP contribution in [0.4, 0.5) is 20.2 Å². The molecule has 3 amide bonds. The molecule has 2 aliphatic rings. The fraction of sp³-hybridized carbons (Fsp3) is 0.500. The number of carbonyl (C=O) groups is 3. The number of amides is 3. The summed E-state index contributed by atoms with van der Waals surface area (Å²) in [6.45, 7) is -2.70. The Morgan fingerprint density at radius 3 is 2.66 bits per heavy atom. The van der Waals surface area contributed by atoms with E-state index in [9.17, 15) is 23.2 Å². The van der Waals surface area contributed by atoms with Gasteiger partial charge >= 0.3 is 6.61 Å². The minimum Gasteiger partial charge on any atom is -0.433 e. The Morgan fingerprint density at radius 1 is 1.31 bits per heavy atom. The number of nitrogens with two attached hydrogens (primary N) is 1. The lowest BCUT2D eigenvalue weighted by Crippen LogP contribution is -2.54. The van der Waals surface area contributed by atoms with Crippen LogP contribution in [0.25, 0.3) is 0 Å². The zero-order chi connectivity index (χ0) is 21.0. The van der Waals surface area contributed by atoms with Crippen LogP contribution in [0.5, 0.6) is 5.75 Å². The minimum absolute atomic E-state index is 0.00439. The van der Waals surface area contributed by atoms with E-state index < -0.39 is 24.5 Å². The Balaban J connectivity index is 1.80. The fourth-order valence-electron chi connectivity index (χ4n) is 3.07. The zero-order valence-corrected chi connectivity index (χ0v) is 15.5. The third-order valence-electron chi connectivity index (χ3n) is 4.79. The van der Waals surface area contributed by atoms with Gasteiger partial charge in [-0.25, -0.2) is 0 Å². The van der Waals surface area contributed by atoms with Crippen molar-refractivity contribution in [3.63, 3.8) is 0 Å². The van der Waals surface area contributed by atoms with Crippen LogP contribution in [0.1, 0.15) is 19.3 Å². The molecular formula is C18H22F2N4O5. The molecule has 1 aliphatic carbocycles. The summed E-state index contributed by atoms with van der Waals surface area (Å²) < 4.78 is 35.3. The maximum Gasteiger partial charge on any atom is 0.387 e. The molecule has 11 heteroatoms. The van der Waals surface area contributed by atoms with E-state index in [1.807, 2.05) is 0 Å². The molecule has 0 spiro atoms. The first-order valence-corrected chi connectivity index (χ1v) is 9.18. The predicted octanol–water partition coefficient (Wildman–Crippen LogP) is 0.586. The maximum absolute atomic E-state index is 12.9. The Kier molecular flexibility index (Phi) is 6.60. The molecule has 0 radical (unpaired) electrons. The highest BCUT2D eigenvalue weighted by molar-refractivity contribution is 6.10. The largest absolute Gasteiger partial charge is 0.433 e. The molecule has 0 unspecified atom stereocenters. The van der Waals surface area contributed by atoms with E-state index in [1.54, 1.807) is 0 Å². The van der Waals surface area contributed by atoms with Gasteiger partial charge in [0.05, 0.1) is 12.3 Å². The third kappa shape index (κ3) is 5.18. The van der Waals surface area contributed by atoms with E-state index >= 15 is 0 Å². The summed E-state index contributed by atoms with van der Waals surface area (Å²) in [5.74, 6) is -2.31. The van der Waals surface area contributed by atoms with Gasteiger partial charge in [0.25, 0.3) is 11.8 Å². The van der Waals surface area contributed by atoms with Crippen molar-refractivity contribution in [1.29, 1.82) is 0 Å². The van der Waals surface area contributed by atoms with Gasteiger partial charge in [-0.1, -0.05) is 6.42 Å². The molecule has 9 nitrogen and oxygen atoms in total. The molecule has 1 aliphatic heterocycles. The van der Waals surface area contributed by atoms with Crippen LogP contribution in [0.3, 0.4) is 0 Å². The summed E-state index contributed by atoms with van der Waals surface area (Å²) in [6, 6.07) is 2.74. The molecule has 1 atom stereocenters. The molecule has 1 saturated heterocycles. The lowest BCUT2D eigenvalue weighted by molar-refractivity contribution is -0.128. The van der Waals surface area contributed by atoms with Crippen LogP contribution in [0, 0.1) is 0 Å². The van der Waals surface area contributed by atoms with Gasteiger partial charge in [-0.15, -0.1) is 0 Å². The SMILES string of the molecule is NC(=O)[C@H](NC1CCC1)C(=O)Nc1ccc(N2CCOCC2=O)cc1OC(F)F. The molecule has 158 valence electrons. The number of nitrogens with one attached hydrogen (secondary N) is 2. The third-order valence-corrected chi connectivity index (χ3v) is 4.79. The van der Waals surface area contributed by atoms with Crippen molar-refractivity contribution < 1.29 is 32.6 Å². The zero-order valence-electron chi connectivity index (χ0n) is 15.5. The van der Waals surface area contributed by atoms with Crippen LogP contribution in [-0.4, -0.2) is 56.2 Å². The summed E-state index contributed by atoms with van der Waals surface area (Å²) >= 11 is 0. The molecule has 1 heterocycles. The molecule has 0 aromatic heterocycles. The number of halogens is 2. The number of alkyl halides is 2. The van der Waals surface area contributed by atoms with Crippen molar-refractivity contribution in [2.24, 2.45) is 5.73 Å². The summed E-state index contributed by atoms with van der Waals surface area (Å²) in [5, 5.41) is 5.26. The van der Waals surface area contributed by atoms with E-state index in [2.05, 4.69) is 15.4 Å². The number of carbonyl (C=O) groups excluding carboxylic acids is 3. The van der Waals surface area contributed by atoms with Gasteiger partial charge < -0.3 is 25.4 Å². The van der Waals surface area contributed by atoms with Gasteiger partial charge in [-0.05, 0) is 25.0 Å². The summed E-state index contributed by atoms with van der Waals surface area (Å²) in [6.07, 6.45) is 2.62. The topological polar surface area (TPSA) is 123 Å². The first-order valence-electron chi connectivity index (χ1n) is 9.18. The number of hydrogen-bond acceptors (Lipinski definition) is 6. The quantitative estimate of drug-likeness (QED) is 0.537. The average molecular weight is 412 g/mol. The lowest BCUT2D eigenvalue weighted by Gasteiger charge is -2.30. The summed E-state index contributed by atoms with van der Waals surface area (Å²) in [4.78, 5) is 37.5. The van der Waals surface area contributed by atoms with Crippen molar-refractivity contribution in [3.05, 3.63) is 18.2 Å². The second-order valence-electron chi connectivity index (χ2n) is 6.78. The average Bonchev–Trinajstić information content (AvgIpc) is 2.61. The van der Waals surface area contributed by atoms with Gasteiger partial charge in [0, 0.05) is 24.3 Å². The van der Waals surface area contributed by atoms with Gasteiger partial charge in [-0.2, -0.15) is 8.78 Å². The highest BCUT2D eigenvalue weighted by atomic mass is 19.3. The number of primary amides is 1. The van der Waals surface area contributed by atoms with Gasteiger partial charge in [0.2, 0.25) is 5.91 Å². The van der Waals surface area contributed by atoms with Crippen LogP contribution in [-0.2, 0) is 19.1 Å². The summed E-state index contributed by atoms with van der Waals surface area (Å²) in [5.41, 5.74) is 5.56. The Hall–Kier alpha value is -2.79. The molecule has 1 aromatic rings. The van der Waals surface area contributed by atoms with Crippen LogP contribution < -0.4 is 26.0 Å². The highest BCUT2D eigenvalue weighted by Crippen LogP contribution is 2.32. The number of rotatable bonds is 8. The minimum atomic E-state index is -3.15. The fourth-order valence-corrected chi connectivity index (χ4v) is 3.07. The van der Waals surface area contributed by atoms with Gasteiger partial charge in [0.15, 0.2) is 11.8 Å². The molecule has 1 aromatic carbocycles. The van der Waals surface area contributed by atoms with E-state index in [1.165, 1.54) is 23.1 Å². The van der Waals surface area contributed by atoms with E-state index in [0.29, 0.717) is 12.3 Å². The number of anilines is 2. The molecule has 29 heavy (non-hydrogen) atoms. The van der Waals surface area contributed by atoms with Crippen molar-refractivity contribution in [2.45, 2.75) is 38.0 Å². The van der Waals surface area contributed by atoms with Crippen molar-refractivity contribution >= 4 is 29.1 Å². The van der Waals surface area contributed by atoms with Crippen molar-refractivity contribution in [2.75, 3.05) is 30.0 Å². The first-order chi connectivity index (χ1) is 13.8. The molecule has 4 N–H and O–H groups in total. The highest BCUT2D eigenvalue weighted by Gasteiger charge is 2.30. The smallest absolute Gasteiger partial charge is 0.387 e. The second-order valence-corrected chi connectivity index (χ2v) is 6.78. The molecule has 0 bridgehead atoms.